The molecule has 1 aliphatic rings. The standard InChI is InChI=1S/C30H29Cl2N5O4S/c31-25-13-10-23(21-26(25)32)41-28-6-2-1-5-27(28)35-42(39,40)24-11-8-22(9-12-24)30(38)34-15-16-36-17-19-37(20-18-36)29-7-3-4-14-33-29/h1-14,21,35H,15-20H2,(H,34,38). The van der Waals surface area contributed by atoms with Crippen LogP contribution >= 0.6 is 23.2 Å². The minimum Gasteiger partial charge on any atom is -0.455 e. The van der Waals surface area contributed by atoms with Crippen molar-refractivity contribution >= 4 is 50.6 Å². The Bertz CT molecular complexity index is 1630. The van der Waals surface area contributed by atoms with Crippen molar-refractivity contribution in [3.05, 3.63) is 107 Å². The Morgan fingerprint density at radius 3 is 2.33 bits per heavy atom. The Hall–Kier alpha value is -3.83. The Morgan fingerprint density at radius 2 is 1.62 bits per heavy atom. The second-order valence-electron chi connectivity index (χ2n) is 9.58. The molecule has 0 atom stereocenters. The molecule has 1 fully saturated rings. The van der Waals surface area contributed by atoms with E-state index in [4.69, 9.17) is 27.9 Å². The second-order valence-corrected chi connectivity index (χ2v) is 12.1. The number of carbonyl (C=O) groups is 1. The van der Waals surface area contributed by atoms with E-state index in [1.807, 2.05) is 18.2 Å². The smallest absolute Gasteiger partial charge is 0.262 e. The first kappa shape index (κ1) is 29.7. The van der Waals surface area contributed by atoms with Crippen molar-refractivity contribution in [2.75, 3.05) is 48.9 Å². The largest absolute Gasteiger partial charge is 0.455 e. The normalized spacial score (nSPS) is 13.9. The number of carbonyl (C=O) groups excluding carboxylic acids is 1. The Morgan fingerprint density at radius 1 is 0.881 bits per heavy atom. The SMILES string of the molecule is O=C(NCCN1CCN(c2ccccn2)CC1)c1ccc(S(=O)(=O)Nc2ccccc2Oc2ccc(Cl)c(Cl)c2)cc1. The summed E-state index contributed by atoms with van der Waals surface area (Å²) in [5.41, 5.74) is 0.614. The summed E-state index contributed by atoms with van der Waals surface area (Å²) >= 11 is 12.0. The van der Waals surface area contributed by atoms with Crippen LogP contribution in [0.5, 0.6) is 11.5 Å². The summed E-state index contributed by atoms with van der Waals surface area (Å²) in [5.74, 6) is 1.40. The van der Waals surface area contributed by atoms with Crippen LogP contribution in [-0.2, 0) is 10.0 Å². The maximum Gasteiger partial charge on any atom is 0.262 e. The van der Waals surface area contributed by atoms with Gasteiger partial charge < -0.3 is 15.0 Å². The van der Waals surface area contributed by atoms with E-state index in [0.717, 1.165) is 38.5 Å². The van der Waals surface area contributed by atoms with Crippen LogP contribution in [0, 0.1) is 0 Å². The molecule has 2 N–H and O–H groups in total. The summed E-state index contributed by atoms with van der Waals surface area (Å²) in [6, 6.07) is 23.1. The molecule has 42 heavy (non-hydrogen) atoms. The molecule has 2 heterocycles. The molecule has 218 valence electrons. The first-order valence-corrected chi connectivity index (χ1v) is 15.5. The number of ether oxygens (including phenoxy) is 1. The van der Waals surface area contributed by atoms with E-state index in [9.17, 15) is 13.2 Å². The minimum absolute atomic E-state index is 0.00849. The molecule has 5 rings (SSSR count). The van der Waals surface area contributed by atoms with Crippen LogP contribution in [-0.4, -0.2) is 63.5 Å². The van der Waals surface area contributed by atoms with Gasteiger partial charge in [0.2, 0.25) is 0 Å². The number of nitrogens with one attached hydrogen (secondary N) is 2. The average molecular weight is 627 g/mol. The minimum atomic E-state index is -3.97. The number of pyridine rings is 1. The van der Waals surface area contributed by atoms with E-state index < -0.39 is 10.0 Å². The third kappa shape index (κ3) is 7.51. The first-order chi connectivity index (χ1) is 20.3. The molecule has 0 unspecified atom stereocenters. The van der Waals surface area contributed by atoms with Crippen LogP contribution in [0.25, 0.3) is 0 Å². The highest BCUT2D eigenvalue weighted by molar-refractivity contribution is 7.92. The third-order valence-corrected chi connectivity index (χ3v) is 8.86. The van der Waals surface area contributed by atoms with Gasteiger partial charge in [-0.1, -0.05) is 41.4 Å². The van der Waals surface area contributed by atoms with Gasteiger partial charge in [-0.25, -0.2) is 13.4 Å². The molecule has 1 amide bonds. The van der Waals surface area contributed by atoms with Gasteiger partial charge in [-0.05, 0) is 60.7 Å². The lowest BCUT2D eigenvalue weighted by atomic mass is 10.2. The van der Waals surface area contributed by atoms with Gasteiger partial charge in [-0.2, -0.15) is 0 Å². The molecule has 0 aliphatic carbocycles. The fourth-order valence-corrected chi connectivity index (χ4v) is 5.83. The maximum atomic E-state index is 13.1. The number of para-hydroxylation sites is 2. The number of hydrogen-bond donors (Lipinski definition) is 2. The molecule has 1 aliphatic heterocycles. The lowest BCUT2D eigenvalue weighted by molar-refractivity contribution is 0.0947. The van der Waals surface area contributed by atoms with Gasteiger partial charge in [-0.15, -0.1) is 0 Å². The van der Waals surface area contributed by atoms with Crippen LogP contribution in [0.1, 0.15) is 10.4 Å². The molecule has 12 heteroatoms. The monoisotopic (exact) mass is 625 g/mol. The highest BCUT2D eigenvalue weighted by atomic mass is 35.5. The molecule has 1 saturated heterocycles. The van der Waals surface area contributed by atoms with Crippen LogP contribution in [0.3, 0.4) is 0 Å². The summed E-state index contributed by atoms with van der Waals surface area (Å²) in [4.78, 5) is 21.7. The number of aromatic nitrogens is 1. The van der Waals surface area contributed by atoms with Gasteiger partial charge in [0.1, 0.15) is 11.6 Å². The topological polar surface area (TPSA) is 104 Å². The number of benzene rings is 3. The predicted octanol–water partition coefficient (Wildman–Crippen LogP) is 5.53. The van der Waals surface area contributed by atoms with Crippen LogP contribution in [0.4, 0.5) is 11.5 Å². The van der Waals surface area contributed by atoms with Crippen molar-refractivity contribution in [3.8, 4) is 11.5 Å². The van der Waals surface area contributed by atoms with E-state index in [-0.39, 0.29) is 22.2 Å². The van der Waals surface area contributed by atoms with Gasteiger partial charge in [0, 0.05) is 57.1 Å². The van der Waals surface area contributed by atoms with Gasteiger partial charge in [0.05, 0.1) is 20.6 Å². The number of rotatable bonds is 10. The molecule has 0 saturated carbocycles. The molecule has 0 radical (unpaired) electrons. The highest BCUT2D eigenvalue weighted by Gasteiger charge is 2.19. The van der Waals surface area contributed by atoms with E-state index >= 15 is 0 Å². The summed E-state index contributed by atoms with van der Waals surface area (Å²) in [7, 11) is -3.97. The number of amides is 1. The first-order valence-electron chi connectivity index (χ1n) is 13.3. The van der Waals surface area contributed by atoms with E-state index in [1.165, 1.54) is 24.3 Å². The van der Waals surface area contributed by atoms with Crippen LogP contribution < -0.4 is 19.7 Å². The Balaban J connectivity index is 1.13. The van der Waals surface area contributed by atoms with E-state index in [2.05, 4.69) is 24.8 Å². The lowest BCUT2D eigenvalue weighted by Gasteiger charge is -2.35. The fraction of sp³-hybridized carbons (Fsp3) is 0.200. The molecule has 0 bridgehead atoms. The zero-order valence-electron chi connectivity index (χ0n) is 22.5. The van der Waals surface area contributed by atoms with Crippen LogP contribution in [0.15, 0.2) is 96.0 Å². The molecule has 1 aromatic heterocycles. The highest BCUT2D eigenvalue weighted by Crippen LogP contribution is 2.34. The average Bonchev–Trinajstić information content (AvgIpc) is 3.01. The van der Waals surface area contributed by atoms with Gasteiger partial charge in [0.25, 0.3) is 15.9 Å². The Kier molecular flexibility index (Phi) is 9.48. The molecule has 3 aromatic carbocycles. The van der Waals surface area contributed by atoms with Crippen molar-refractivity contribution in [2.24, 2.45) is 0 Å². The summed E-state index contributed by atoms with van der Waals surface area (Å²) in [5, 5.41) is 3.62. The summed E-state index contributed by atoms with van der Waals surface area (Å²) in [6.45, 7) is 4.73. The van der Waals surface area contributed by atoms with Crippen molar-refractivity contribution in [2.45, 2.75) is 4.90 Å². The number of nitrogens with zero attached hydrogens (tertiary/aromatic N) is 3. The molecule has 9 nitrogen and oxygen atoms in total. The van der Waals surface area contributed by atoms with Gasteiger partial charge in [0.15, 0.2) is 5.75 Å². The van der Waals surface area contributed by atoms with Crippen molar-refractivity contribution in [3.63, 3.8) is 0 Å². The summed E-state index contributed by atoms with van der Waals surface area (Å²) < 4.78 is 34.7. The zero-order valence-corrected chi connectivity index (χ0v) is 24.9. The predicted molar refractivity (Wildman–Crippen MR) is 165 cm³/mol. The van der Waals surface area contributed by atoms with Crippen molar-refractivity contribution in [1.82, 2.24) is 15.2 Å². The fourth-order valence-electron chi connectivity index (χ4n) is 4.47. The van der Waals surface area contributed by atoms with Gasteiger partial charge in [-0.3, -0.25) is 14.4 Å². The zero-order chi connectivity index (χ0) is 29.5. The number of piperazine rings is 1. The molecule has 4 aromatic rings. The Labute approximate surface area is 255 Å². The number of halogens is 2. The number of hydrogen-bond acceptors (Lipinski definition) is 7. The lowest BCUT2D eigenvalue weighted by Crippen LogP contribution is -2.48. The van der Waals surface area contributed by atoms with Crippen molar-refractivity contribution < 1.29 is 17.9 Å². The van der Waals surface area contributed by atoms with E-state index in [0.29, 0.717) is 27.9 Å². The second kappa shape index (κ2) is 13.4. The van der Waals surface area contributed by atoms with E-state index in [1.54, 1.807) is 48.7 Å². The molecule has 0 spiro atoms. The number of anilines is 2. The van der Waals surface area contributed by atoms with Gasteiger partial charge >= 0.3 is 0 Å². The molecular weight excluding hydrogens is 597 g/mol. The summed E-state index contributed by atoms with van der Waals surface area (Å²) in [6.07, 6.45) is 1.80. The van der Waals surface area contributed by atoms with Crippen LogP contribution in [0.2, 0.25) is 10.0 Å². The maximum absolute atomic E-state index is 13.1. The third-order valence-electron chi connectivity index (χ3n) is 6.74. The van der Waals surface area contributed by atoms with Crippen molar-refractivity contribution in [1.29, 1.82) is 0 Å². The number of sulfonamides is 1. The quantitative estimate of drug-likeness (QED) is 0.239. The molecular formula is C30H29Cl2N5O4S.